The van der Waals surface area contributed by atoms with Crippen molar-refractivity contribution in [2.75, 3.05) is 0 Å². The van der Waals surface area contributed by atoms with Gasteiger partial charge in [0.15, 0.2) is 0 Å². The molecule has 1 aromatic carbocycles. The second-order valence-corrected chi connectivity index (χ2v) is 5.08. The first-order valence-electron chi connectivity index (χ1n) is 6.71. The number of hydrogen-bond donors (Lipinski definition) is 2. The number of hydrogen-bond acceptors (Lipinski definition) is 3. The fourth-order valence-electron chi connectivity index (χ4n) is 2.04. The monoisotopic (exact) mass is 272 g/mol. The highest BCUT2D eigenvalue weighted by Crippen LogP contribution is 2.12. The highest BCUT2D eigenvalue weighted by atomic mass is 16.3. The maximum Gasteiger partial charge on any atom is 0.241 e. The molecule has 2 aromatic rings. The van der Waals surface area contributed by atoms with Gasteiger partial charge in [0.25, 0.3) is 0 Å². The van der Waals surface area contributed by atoms with Crippen LogP contribution in [0.3, 0.4) is 0 Å². The number of nitrogens with two attached hydrogens (primary N) is 1. The van der Waals surface area contributed by atoms with E-state index in [0.717, 1.165) is 16.9 Å². The molecule has 2 rings (SSSR count). The molecule has 0 aliphatic heterocycles. The highest BCUT2D eigenvalue weighted by Gasteiger charge is 2.18. The molecule has 0 spiro atoms. The van der Waals surface area contributed by atoms with Gasteiger partial charge in [-0.2, -0.15) is 0 Å². The largest absolute Gasteiger partial charge is 0.469 e. The Kier molecular flexibility index (Phi) is 4.58. The molecule has 0 saturated carbocycles. The number of amides is 1. The van der Waals surface area contributed by atoms with Gasteiger partial charge in [0.05, 0.1) is 6.26 Å². The van der Waals surface area contributed by atoms with E-state index in [1.54, 1.807) is 6.26 Å². The number of nitrogens with one attached hydrogen (secondary N) is 1. The molecule has 2 unspecified atom stereocenters. The van der Waals surface area contributed by atoms with E-state index in [2.05, 4.69) is 5.32 Å². The fourth-order valence-corrected chi connectivity index (χ4v) is 2.04. The maximum absolute atomic E-state index is 12.1. The number of carbonyl (C=O) groups is 1. The van der Waals surface area contributed by atoms with E-state index in [4.69, 9.17) is 10.2 Å². The van der Waals surface area contributed by atoms with Gasteiger partial charge in [-0.25, -0.2) is 0 Å². The molecule has 106 valence electrons. The van der Waals surface area contributed by atoms with Gasteiger partial charge in [-0.3, -0.25) is 4.79 Å². The summed E-state index contributed by atoms with van der Waals surface area (Å²) in [5.41, 5.74) is 7.94. The molecule has 0 saturated heterocycles. The maximum atomic E-state index is 12.1. The summed E-state index contributed by atoms with van der Waals surface area (Å²) in [5, 5.41) is 2.91. The van der Waals surface area contributed by atoms with Gasteiger partial charge in [-0.15, -0.1) is 0 Å². The molecule has 1 amide bonds. The normalized spacial score (nSPS) is 13.8. The van der Waals surface area contributed by atoms with Crippen molar-refractivity contribution in [3.63, 3.8) is 0 Å². The van der Waals surface area contributed by atoms with Gasteiger partial charge in [0.1, 0.15) is 11.8 Å². The molecule has 4 heteroatoms. The molecule has 3 N–H and O–H groups in total. The Bertz CT molecular complexity index is 546. The minimum atomic E-state index is -0.644. The Balaban J connectivity index is 1.92. The first-order valence-corrected chi connectivity index (χ1v) is 6.71. The zero-order chi connectivity index (χ0) is 14.5. The summed E-state index contributed by atoms with van der Waals surface area (Å²) in [6.45, 7) is 3.93. The summed E-state index contributed by atoms with van der Waals surface area (Å²) in [7, 11) is 0. The number of furan rings is 1. The summed E-state index contributed by atoms with van der Waals surface area (Å²) in [4.78, 5) is 12.1. The lowest BCUT2D eigenvalue weighted by molar-refractivity contribution is -0.123. The Hall–Kier alpha value is -2.07. The second kappa shape index (κ2) is 6.39. The van der Waals surface area contributed by atoms with Crippen LogP contribution >= 0.6 is 0 Å². The van der Waals surface area contributed by atoms with Crippen molar-refractivity contribution in [1.29, 1.82) is 0 Å². The Labute approximate surface area is 119 Å². The predicted molar refractivity (Wildman–Crippen MR) is 78.1 cm³/mol. The first-order chi connectivity index (χ1) is 9.56. The van der Waals surface area contributed by atoms with Gasteiger partial charge in [0, 0.05) is 12.5 Å². The average Bonchev–Trinajstić information content (AvgIpc) is 2.91. The van der Waals surface area contributed by atoms with Crippen LogP contribution in [0.25, 0.3) is 0 Å². The van der Waals surface area contributed by atoms with Crippen LogP contribution in [-0.4, -0.2) is 11.9 Å². The summed E-state index contributed by atoms with van der Waals surface area (Å²) in [5.74, 6) is 0.676. The molecule has 4 nitrogen and oxygen atoms in total. The molecular weight excluding hydrogens is 252 g/mol. The van der Waals surface area contributed by atoms with Crippen LogP contribution < -0.4 is 11.1 Å². The van der Waals surface area contributed by atoms with Gasteiger partial charge in [-0.1, -0.05) is 29.8 Å². The van der Waals surface area contributed by atoms with E-state index in [1.807, 2.05) is 50.2 Å². The van der Waals surface area contributed by atoms with E-state index in [-0.39, 0.29) is 11.9 Å². The van der Waals surface area contributed by atoms with Crippen molar-refractivity contribution in [3.8, 4) is 0 Å². The summed E-state index contributed by atoms with van der Waals surface area (Å²) in [6, 6.07) is 10.7. The fraction of sp³-hybridized carbons (Fsp3) is 0.312. The lowest BCUT2D eigenvalue weighted by Gasteiger charge is -2.17. The van der Waals surface area contributed by atoms with Crippen LogP contribution in [0.2, 0.25) is 0 Å². The molecule has 0 aliphatic carbocycles. The van der Waals surface area contributed by atoms with Crippen molar-refractivity contribution in [3.05, 3.63) is 59.5 Å². The van der Waals surface area contributed by atoms with E-state index in [9.17, 15) is 4.79 Å². The average molecular weight is 272 g/mol. The van der Waals surface area contributed by atoms with Crippen LogP contribution in [0.4, 0.5) is 0 Å². The molecule has 1 aromatic heterocycles. The van der Waals surface area contributed by atoms with Crippen LogP contribution in [0, 0.1) is 6.92 Å². The third-order valence-corrected chi connectivity index (χ3v) is 3.20. The molecule has 20 heavy (non-hydrogen) atoms. The van der Waals surface area contributed by atoms with Crippen molar-refractivity contribution in [2.45, 2.75) is 32.4 Å². The Morgan fingerprint density at radius 1 is 1.30 bits per heavy atom. The molecule has 2 atom stereocenters. The quantitative estimate of drug-likeness (QED) is 0.877. The minimum absolute atomic E-state index is 0.0230. The van der Waals surface area contributed by atoms with Crippen molar-refractivity contribution >= 4 is 5.91 Å². The third kappa shape index (κ3) is 3.71. The summed E-state index contributed by atoms with van der Waals surface area (Å²) in [6.07, 6.45) is 2.28. The van der Waals surface area contributed by atoms with E-state index in [1.165, 1.54) is 0 Å². The summed E-state index contributed by atoms with van der Waals surface area (Å²) >= 11 is 0. The zero-order valence-electron chi connectivity index (χ0n) is 11.8. The van der Waals surface area contributed by atoms with Gasteiger partial charge in [0.2, 0.25) is 5.91 Å². The van der Waals surface area contributed by atoms with Crippen molar-refractivity contribution in [2.24, 2.45) is 5.73 Å². The van der Waals surface area contributed by atoms with Crippen LogP contribution in [0.1, 0.15) is 29.9 Å². The molecule has 0 bridgehead atoms. The van der Waals surface area contributed by atoms with Crippen LogP contribution in [-0.2, 0) is 11.2 Å². The Morgan fingerprint density at radius 2 is 2.00 bits per heavy atom. The van der Waals surface area contributed by atoms with Crippen LogP contribution in [0.15, 0.2) is 47.1 Å². The van der Waals surface area contributed by atoms with Gasteiger partial charge in [-0.05, 0) is 31.5 Å². The molecular formula is C16H20N2O2. The smallest absolute Gasteiger partial charge is 0.241 e. The predicted octanol–water partition coefficient (Wildman–Crippen LogP) is 2.34. The highest BCUT2D eigenvalue weighted by molar-refractivity contribution is 5.83. The van der Waals surface area contributed by atoms with E-state index >= 15 is 0 Å². The van der Waals surface area contributed by atoms with Gasteiger partial charge < -0.3 is 15.5 Å². The molecule has 0 radical (unpaired) electrons. The topological polar surface area (TPSA) is 68.3 Å². The second-order valence-electron chi connectivity index (χ2n) is 5.08. The number of benzene rings is 1. The summed E-state index contributed by atoms with van der Waals surface area (Å²) < 4.78 is 5.26. The Morgan fingerprint density at radius 3 is 2.60 bits per heavy atom. The van der Waals surface area contributed by atoms with Crippen LogP contribution in [0.5, 0.6) is 0 Å². The van der Waals surface area contributed by atoms with Gasteiger partial charge >= 0.3 is 0 Å². The third-order valence-electron chi connectivity index (χ3n) is 3.20. The van der Waals surface area contributed by atoms with Crippen molar-refractivity contribution in [1.82, 2.24) is 5.32 Å². The SMILES string of the molecule is Cc1ccc(C(N)C(=O)NC(C)Cc2ccco2)cc1. The zero-order valence-corrected chi connectivity index (χ0v) is 11.8. The number of aryl methyl sites for hydroxylation is 1. The first kappa shape index (κ1) is 14.3. The standard InChI is InChI=1S/C16H20N2O2/c1-11-5-7-13(8-6-11)15(17)16(19)18-12(2)10-14-4-3-9-20-14/h3-9,12,15H,10,17H2,1-2H3,(H,18,19). The number of carbonyl (C=O) groups excluding carboxylic acids is 1. The molecule has 0 fully saturated rings. The van der Waals surface area contributed by atoms with Crippen molar-refractivity contribution < 1.29 is 9.21 Å². The minimum Gasteiger partial charge on any atom is -0.469 e. The lowest BCUT2D eigenvalue weighted by Crippen LogP contribution is -2.40. The van der Waals surface area contributed by atoms with E-state index < -0.39 is 6.04 Å². The molecule has 1 heterocycles. The van der Waals surface area contributed by atoms with E-state index in [0.29, 0.717) is 6.42 Å². The molecule has 0 aliphatic rings. The number of rotatable bonds is 5. The lowest BCUT2D eigenvalue weighted by atomic mass is 10.0.